The van der Waals surface area contributed by atoms with Crippen LogP contribution in [0.4, 0.5) is 5.69 Å². The number of benzene rings is 2. The molecule has 0 spiro atoms. The SMILES string of the molecule is CC(C(=O)Nc1ccc2ccccc2c1)N1CCN(CC(=O)N2CCCCC2C)CC1. The number of carbonyl (C=O) groups excluding carboxylic acids is 2. The molecule has 166 valence electrons. The van der Waals surface area contributed by atoms with E-state index < -0.39 is 0 Å². The molecule has 6 nitrogen and oxygen atoms in total. The minimum atomic E-state index is -0.202. The third kappa shape index (κ3) is 5.25. The van der Waals surface area contributed by atoms with Crippen LogP contribution in [0.1, 0.15) is 33.1 Å². The zero-order valence-corrected chi connectivity index (χ0v) is 18.7. The Morgan fingerprint density at radius 1 is 1.00 bits per heavy atom. The maximum Gasteiger partial charge on any atom is 0.241 e. The first-order chi connectivity index (χ1) is 15.0. The molecular formula is C25H34N4O2. The minimum Gasteiger partial charge on any atom is -0.339 e. The molecule has 0 bridgehead atoms. The summed E-state index contributed by atoms with van der Waals surface area (Å²) in [5.74, 6) is 0.268. The standard InChI is InChI=1S/C25H34N4O2/c1-19-7-5-6-12-29(19)24(30)18-27-13-15-28(16-14-27)20(2)25(31)26-23-11-10-21-8-3-4-9-22(21)17-23/h3-4,8-11,17,19-20H,5-7,12-16,18H2,1-2H3,(H,26,31). The van der Waals surface area contributed by atoms with Crippen molar-refractivity contribution in [1.82, 2.24) is 14.7 Å². The number of hydrogen-bond acceptors (Lipinski definition) is 4. The summed E-state index contributed by atoms with van der Waals surface area (Å²) in [4.78, 5) is 32.0. The van der Waals surface area contributed by atoms with E-state index in [0.29, 0.717) is 12.6 Å². The molecule has 0 saturated carbocycles. The van der Waals surface area contributed by atoms with Crippen LogP contribution in [0, 0.1) is 0 Å². The molecule has 2 saturated heterocycles. The Morgan fingerprint density at radius 2 is 1.74 bits per heavy atom. The molecule has 2 fully saturated rings. The van der Waals surface area contributed by atoms with Crippen molar-refractivity contribution in [3.05, 3.63) is 42.5 Å². The van der Waals surface area contributed by atoms with E-state index in [1.807, 2.05) is 37.3 Å². The van der Waals surface area contributed by atoms with Crippen LogP contribution in [0.15, 0.2) is 42.5 Å². The normalized spacial score (nSPS) is 21.7. The Morgan fingerprint density at radius 3 is 2.48 bits per heavy atom. The fourth-order valence-electron chi connectivity index (χ4n) is 4.74. The predicted octanol–water partition coefficient (Wildman–Crippen LogP) is 3.19. The van der Waals surface area contributed by atoms with Crippen LogP contribution < -0.4 is 5.32 Å². The molecule has 31 heavy (non-hydrogen) atoms. The number of nitrogens with zero attached hydrogens (tertiary/aromatic N) is 3. The van der Waals surface area contributed by atoms with Crippen molar-refractivity contribution in [3.63, 3.8) is 0 Å². The van der Waals surface area contributed by atoms with Crippen LogP contribution in [0.2, 0.25) is 0 Å². The van der Waals surface area contributed by atoms with Gasteiger partial charge < -0.3 is 10.2 Å². The summed E-state index contributed by atoms with van der Waals surface area (Å²) < 4.78 is 0. The van der Waals surface area contributed by atoms with Gasteiger partial charge in [0.2, 0.25) is 11.8 Å². The lowest BCUT2D eigenvalue weighted by molar-refractivity contribution is -0.136. The summed E-state index contributed by atoms with van der Waals surface area (Å²) in [7, 11) is 0. The van der Waals surface area contributed by atoms with Gasteiger partial charge in [0, 0.05) is 44.5 Å². The number of anilines is 1. The molecule has 2 heterocycles. The number of nitrogens with one attached hydrogen (secondary N) is 1. The zero-order valence-electron chi connectivity index (χ0n) is 18.7. The van der Waals surface area contributed by atoms with Crippen molar-refractivity contribution in [2.45, 2.75) is 45.2 Å². The summed E-state index contributed by atoms with van der Waals surface area (Å²) in [6.45, 7) is 8.76. The fourth-order valence-corrected chi connectivity index (χ4v) is 4.74. The van der Waals surface area contributed by atoms with E-state index >= 15 is 0 Å². The van der Waals surface area contributed by atoms with Gasteiger partial charge in [-0.3, -0.25) is 19.4 Å². The van der Waals surface area contributed by atoms with Crippen molar-refractivity contribution in [2.75, 3.05) is 44.6 Å². The van der Waals surface area contributed by atoms with Crippen LogP contribution in [-0.2, 0) is 9.59 Å². The van der Waals surface area contributed by atoms with Gasteiger partial charge in [0.05, 0.1) is 12.6 Å². The Hall–Kier alpha value is -2.44. The molecule has 2 aromatic rings. The number of piperidine rings is 1. The number of likely N-dealkylation sites (tertiary alicyclic amines) is 1. The molecule has 2 aliphatic heterocycles. The van der Waals surface area contributed by atoms with E-state index in [-0.39, 0.29) is 17.9 Å². The zero-order chi connectivity index (χ0) is 21.8. The van der Waals surface area contributed by atoms with Crippen LogP contribution in [0.3, 0.4) is 0 Å². The number of amides is 2. The molecule has 2 amide bonds. The topological polar surface area (TPSA) is 55.9 Å². The first kappa shape index (κ1) is 21.8. The van der Waals surface area contributed by atoms with Gasteiger partial charge in [-0.05, 0) is 56.0 Å². The molecule has 1 N–H and O–H groups in total. The van der Waals surface area contributed by atoms with Crippen molar-refractivity contribution in [1.29, 1.82) is 0 Å². The summed E-state index contributed by atoms with van der Waals surface area (Å²) in [5, 5.41) is 5.35. The molecule has 2 aliphatic rings. The first-order valence-electron chi connectivity index (χ1n) is 11.6. The monoisotopic (exact) mass is 422 g/mol. The molecule has 4 rings (SSSR count). The highest BCUT2D eigenvalue weighted by molar-refractivity contribution is 5.97. The molecule has 0 aromatic heterocycles. The largest absolute Gasteiger partial charge is 0.339 e. The van der Waals surface area contributed by atoms with Gasteiger partial charge in [-0.15, -0.1) is 0 Å². The lowest BCUT2D eigenvalue weighted by Crippen LogP contribution is -2.55. The van der Waals surface area contributed by atoms with Crippen LogP contribution in [0.25, 0.3) is 10.8 Å². The van der Waals surface area contributed by atoms with Crippen molar-refractivity contribution >= 4 is 28.3 Å². The van der Waals surface area contributed by atoms with Crippen molar-refractivity contribution < 1.29 is 9.59 Å². The third-order valence-corrected chi connectivity index (χ3v) is 6.83. The molecule has 6 heteroatoms. The lowest BCUT2D eigenvalue weighted by atomic mass is 10.0. The first-order valence-corrected chi connectivity index (χ1v) is 11.6. The highest BCUT2D eigenvalue weighted by Crippen LogP contribution is 2.20. The van der Waals surface area contributed by atoms with E-state index in [0.717, 1.165) is 62.0 Å². The second kappa shape index (κ2) is 9.79. The lowest BCUT2D eigenvalue weighted by Gasteiger charge is -2.39. The Balaban J connectivity index is 1.26. The van der Waals surface area contributed by atoms with Gasteiger partial charge in [0.1, 0.15) is 0 Å². The smallest absolute Gasteiger partial charge is 0.241 e. The van der Waals surface area contributed by atoms with Crippen LogP contribution >= 0.6 is 0 Å². The molecule has 0 radical (unpaired) electrons. The van der Waals surface area contributed by atoms with E-state index in [4.69, 9.17) is 0 Å². The average Bonchev–Trinajstić information content (AvgIpc) is 2.79. The second-order valence-corrected chi connectivity index (χ2v) is 8.97. The predicted molar refractivity (Wildman–Crippen MR) is 125 cm³/mol. The maximum absolute atomic E-state index is 12.8. The highest BCUT2D eigenvalue weighted by atomic mass is 16.2. The Labute approximate surface area is 185 Å². The van der Waals surface area contributed by atoms with Crippen molar-refractivity contribution in [2.24, 2.45) is 0 Å². The number of hydrogen-bond donors (Lipinski definition) is 1. The highest BCUT2D eigenvalue weighted by Gasteiger charge is 2.29. The van der Waals surface area contributed by atoms with Gasteiger partial charge in [-0.1, -0.05) is 30.3 Å². The van der Waals surface area contributed by atoms with Gasteiger partial charge in [0.15, 0.2) is 0 Å². The quantitative estimate of drug-likeness (QED) is 0.804. The molecule has 2 aromatic carbocycles. The number of fused-ring (bicyclic) bond motifs is 1. The van der Waals surface area contributed by atoms with Gasteiger partial charge in [0.25, 0.3) is 0 Å². The summed E-state index contributed by atoms with van der Waals surface area (Å²) >= 11 is 0. The maximum atomic E-state index is 12.8. The summed E-state index contributed by atoms with van der Waals surface area (Å²) in [6, 6.07) is 14.3. The fraction of sp³-hybridized carbons (Fsp3) is 0.520. The average molecular weight is 423 g/mol. The Kier molecular flexibility index (Phi) is 6.88. The number of rotatable bonds is 5. The van der Waals surface area contributed by atoms with E-state index in [1.54, 1.807) is 0 Å². The van der Waals surface area contributed by atoms with E-state index in [9.17, 15) is 9.59 Å². The van der Waals surface area contributed by atoms with Crippen molar-refractivity contribution in [3.8, 4) is 0 Å². The molecule has 0 aliphatic carbocycles. The van der Waals surface area contributed by atoms with Gasteiger partial charge >= 0.3 is 0 Å². The molecule has 2 unspecified atom stereocenters. The van der Waals surface area contributed by atoms with E-state index in [1.165, 1.54) is 6.42 Å². The second-order valence-electron chi connectivity index (χ2n) is 8.97. The summed E-state index contributed by atoms with van der Waals surface area (Å²) in [5.41, 5.74) is 0.829. The Bertz CT molecular complexity index is 923. The minimum absolute atomic E-state index is 0.0157. The third-order valence-electron chi connectivity index (χ3n) is 6.83. The number of carbonyl (C=O) groups is 2. The number of piperazine rings is 1. The van der Waals surface area contributed by atoms with Gasteiger partial charge in [-0.2, -0.15) is 0 Å². The van der Waals surface area contributed by atoms with Gasteiger partial charge in [-0.25, -0.2) is 0 Å². The van der Waals surface area contributed by atoms with Crippen LogP contribution in [0.5, 0.6) is 0 Å². The summed E-state index contributed by atoms with van der Waals surface area (Å²) in [6.07, 6.45) is 3.46. The van der Waals surface area contributed by atoms with Crippen LogP contribution in [-0.4, -0.2) is 77.9 Å². The molecular weight excluding hydrogens is 388 g/mol. The van der Waals surface area contributed by atoms with E-state index in [2.05, 4.69) is 39.1 Å². The molecule has 2 atom stereocenters.